The summed E-state index contributed by atoms with van der Waals surface area (Å²) in [5, 5.41) is 4.00. The fraction of sp³-hybridized carbons (Fsp3) is 0.286. The van der Waals surface area contributed by atoms with Crippen molar-refractivity contribution >= 4 is 27.9 Å². The van der Waals surface area contributed by atoms with Crippen LogP contribution in [-0.2, 0) is 20.4 Å². The van der Waals surface area contributed by atoms with E-state index in [1.807, 2.05) is 0 Å². The molecule has 0 saturated heterocycles. The maximum absolute atomic E-state index is 12.7. The zero-order valence-electron chi connectivity index (χ0n) is 17.3. The van der Waals surface area contributed by atoms with E-state index in [9.17, 15) is 13.2 Å². The van der Waals surface area contributed by atoms with E-state index in [1.165, 1.54) is 34.5 Å². The zero-order valence-corrected chi connectivity index (χ0v) is 18.1. The number of hydrogen-bond donors (Lipinski definition) is 1. The lowest BCUT2D eigenvalue weighted by atomic mass is 10.1. The molecule has 8 nitrogen and oxygen atoms in total. The molecule has 1 N–H and O–H groups in total. The van der Waals surface area contributed by atoms with Crippen LogP contribution in [0.15, 0.2) is 35.7 Å². The number of carbonyl (C=O) groups excluding carboxylic acids is 1. The Morgan fingerprint density at radius 3 is 2.07 bits per heavy atom. The fourth-order valence-electron chi connectivity index (χ4n) is 2.78. The van der Waals surface area contributed by atoms with Crippen LogP contribution in [0.3, 0.4) is 0 Å². The largest absolute Gasteiger partial charge is 0.496 e. The van der Waals surface area contributed by atoms with E-state index in [0.717, 1.165) is 5.41 Å². The molecular weight excluding hydrogens is 410 g/mol. The number of nitrogens with one attached hydrogen (secondary N) is 1. The highest BCUT2D eigenvalue weighted by Crippen LogP contribution is 2.35. The highest BCUT2D eigenvalue weighted by Gasteiger charge is 2.14. The van der Waals surface area contributed by atoms with Gasteiger partial charge in [-0.25, -0.2) is 8.42 Å². The Labute approximate surface area is 176 Å². The predicted octanol–water partition coefficient (Wildman–Crippen LogP) is 2.92. The van der Waals surface area contributed by atoms with Gasteiger partial charge in [-0.15, -0.1) is 0 Å². The van der Waals surface area contributed by atoms with E-state index in [1.54, 1.807) is 30.3 Å². The molecule has 0 aromatic heterocycles. The molecule has 30 heavy (non-hydrogen) atoms. The van der Waals surface area contributed by atoms with Crippen molar-refractivity contribution in [3.8, 4) is 23.0 Å². The van der Waals surface area contributed by atoms with E-state index in [0.29, 0.717) is 46.1 Å². The molecule has 0 aliphatic heterocycles. The normalized spacial score (nSPS) is 11.2. The van der Waals surface area contributed by atoms with Crippen molar-refractivity contribution in [3.05, 3.63) is 46.9 Å². The second-order valence-electron chi connectivity index (χ2n) is 6.14. The third kappa shape index (κ3) is 5.90. The van der Waals surface area contributed by atoms with Crippen molar-refractivity contribution in [1.29, 1.82) is 0 Å². The van der Waals surface area contributed by atoms with Gasteiger partial charge in [0.1, 0.15) is 29.3 Å². The monoisotopic (exact) mass is 435 g/mol. The van der Waals surface area contributed by atoms with Crippen LogP contribution in [0, 0.1) is 0 Å². The molecule has 0 aliphatic carbocycles. The van der Waals surface area contributed by atoms with Gasteiger partial charge in [0.15, 0.2) is 9.84 Å². The van der Waals surface area contributed by atoms with Crippen molar-refractivity contribution in [2.24, 2.45) is 0 Å². The smallest absolute Gasteiger partial charge is 0.175 e. The minimum Gasteiger partial charge on any atom is -0.496 e. The predicted molar refractivity (Wildman–Crippen MR) is 115 cm³/mol. The standard InChI is InChI=1S/C21H25NO7S/c1-26-16-12-20(28-3)17(21(13-16)29-4)7-10-30(24,25)14-15-5-6-19(27-2)18(11-15)22-8-9-23/h5-7,9-13,22H,8,14H2,1-4H3. The minimum absolute atomic E-state index is 0.0868. The summed E-state index contributed by atoms with van der Waals surface area (Å²) in [5.41, 5.74) is 1.56. The van der Waals surface area contributed by atoms with Gasteiger partial charge in [-0.3, -0.25) is 0 Å². The van der Waals surface area contributed by atoms with Crippen LogP contribution in [0.5, 0.6) is 23.0 Å². The molecular formula is C21H25NO7S. The molecule has 9 heteroatoms. The average Bonchev–Trinajstić information content (AvgIpc) is 2.75. The van der Waals surface area contributed by atoms with Gasteiger partial charge in [-0.05, 0) is 23.8 Å². The summed E-state index contributed by atoms with van der Waals surface area (Å²) in [6.07, 6.45) is 2.14. The Morgan fingerprint density at radius 2 is 1.53 bits per heavy atom. The number of hydrogen-bond acceptors (Lipinski definition) is 8. The lowest BCUT2D eigenvalue weighted by Crippen LogP contribution is -2.06. The summed E-state index contributed by atoms with van der Waals surface area (Å²) in [4.78, 5) is 10.6. The highest BCUT2D eigenvalue weighted by molar-refractivity contribution is 7.93. The summed E-state index contributed by atoms with van der Waals surface area (Å²) >= 11 is 0. The van der Waals surface area contributed by atoms with Crippen LogP contribution < -0.4 is 24.3 Å². The highest BCUT2D eigenvalue weighted by atomic mass is 32.2. The van der Waals surface area contributed by atoms with Crippen LogP contribution >= 0.6 is 0 Å². The maximum atomic E-state index is 12.7. The first-order chi connectivity index (χ1) is 14.4. The lowest BCUT2D eigenvalue weighted by molar-refractivity contribution is -0.106. The maximum Gasteiger partial charge on any atom is 0.175 e. The number of rotatable bonds is 11. The second kappa shape index (κ2) is 10.5. The quantitative estimate of drug-likeness (QED) is 0.538. The first-order valence-electron chi connectivity index (χ1n) is 8.92. The minimum atomic E-state index is -3.62. The van der Waals surface area contributed by atoms with E-state index in [-0.39, 0.29) is 12.3 Å². The van der Waals surface area contributed by atoms with Gasteiger partial charge >= 0.3 is 0 Å². The molecule has 0 aliphatic rings. The number of anilines is 1. The Hall–Kier alpha value is -3.20. The molecule has 0 bridgehead atoms. The summed E-state index contributed by atoms with van der Waals surface area (Å²) in [6.45, 7) is 0.0868. The number of benzene rings is 2. The van der Waals surface area contributed by atoms with Gasteiger partial charge in [0.25, 0.3) is 0 Å². The number of carbonyl (C=O) groups is 1. The van der Waals surface area contributed by atoms with Crippen LogP contribution in [0.2, 0.25) is 0 Å². The topological polar surface area (TPSA) is 100 Å². The summed E-state index contributed by atoms with van der Waals surface area (Å²) in [5.74, 6) is 1.65. The van der Waals surface area contributed by atoms with Crippen molar-refractivity contribution in [1.82, 2.24) is 0 Å². The molecule has 0 fully saturated rings. The third-order valence-electron chi connectivity index (χ3n) is 4.20. The van der Waals surface area contributed by atoms with Gasteiger partial charge < -0.3 is 29.1 Å². The molecule has 0 heterocycles. The number of methoxy groups -OCH3 is 4. The molecule has 0 radical (unpaired) electrons. The molecule has 0 amide bonds. The number of aldehydes is 1. The van der Waals surface area contributed by atoms with Crippen molar-refractivity contribution in [2.75, 3.05) is 40.3 Å². The lowest BCUT2D eigenvalue weighted by Gasteiger charge is -2.13. The molecule has 2 rings (SSSR count). The fourth-order valence-corrected chi connectivity index (χ4v) is 3.87. The Balaban J connectivity index is 2.31. The molecule has 0 saturated carbocycles. The molecule has 0 unspecified atom stereocenters. The van der Waals surface area contributed by atoms with Gasteiger partial charge in [-0.2, -0.15) is 0 Å². The summed E-state index contributed by atoms with van der Waals surface area (Å²) in [6, 6.07) is 8.23. The van der Waals surface area contributed by atoms with Crippen molar-refractivity contribution in [3.63, 3.8) is 0 Å². The van der Waals surface area contributed by atoms with Crippen LogP contribution in [0.4, 0.5) is 5.69 Å². The second-order valence-corrected chi connectivity index (χ2v) is 8.02. The summed E-state index contributed by atoms with van der Waals surface area (Å²) < 4.78 is 46.4. The van der Waals surface area contributed by atoms with Crippen molar-refractivity contribution < 1.29 is 32.2 Å². The zero-order chi connectivity index (χ0) is 22.1. The van der Waals surface area contributed by atoms with Gasteiger partial charge in [0.2, 0.25) is 0 Å². The Kier molecular flexibility index (Phi) is 8.11. The third-order valence-corrected chi connectivity index (χ3v) is 5.49. The van der Waals surface area contributed by atoms with Crippen molar-refractivity contribution in [2.45, 2.75) is 5.75 Å². The Bertz CT molecular complexity index is 991. The van der Waals surface area contributed by atoms with Crippen LogP contribution in [0.25, 0.3) is 6.08 Å². The average molecular weight is 435 g/mol. The van der Waals surface area contributed by atoms with Crippen LogP contribution in [0.1, 0.15) is 11.1 Å². The van der Waals surface area contributed by atoms with Gasteiger partial charge in [-0.1, -0.05) is 6.07 Å². The molecule has 2 aromatic carbocycles. The van der Waals surface area contributed by atoms with E-state index in [4.69, 9.17) is 18.9 Å². The van der Waals surface area contributed by atoms with E-state index >= 15 is 0 Å². The van der Waals surface area contributed by atoms with E-state index < -0.39 is 9.84 Å². The number of ether oxygens (including phenoxy) is 4. The molecule has 0 spiro atoms. The van der Waals surface area contributed by atoms with Gasteiger partial charge in [0.05, 0.1) is 52.0 Å². The Morgan fingerprint density at radius 1 is 0.900 bits per heavy atom. The van der Waals surface area contributed by atoms with Gasteiger partial charge in [0, 0.05) is 17.5 Å². The molecule has 0 atom stereocenters. The first kappa shape index (κ1) is 23.1. The molecule has 2 aromatic rings. The SMILES string of the molecule is COc1cc(OC)c(C=CS(=O)(=O)Cc2ccc(OC)c(NCC=O)c2)c(OC)c1. The molecule has 162 valence electrons. The van der Waals surface area contributed by atoms with E-state index in [2.05, 4.69) is 5.32 Å². The first-order valence-corrected chi connectivity index (χ1v) is 10.6. The summed E-state index contributed by atoms with van der Waals surface area (Å²) in [7, 11) is 2.35. The number of sulfone groups is 1. The van der Waals surface area contributed by atoms with Crippen LogP contribution in [-0.4, -0.2) is 49.7 Å².